The first-order chi connectivity index (χ1) is 12.5. The fourth-order valence-corrected chi connectivity index (χ4v) is 4.00. The number of imide groups is 1. The molecule has 1 heterocycles. The molecule has 2 aliphatic rings. The molecule has 1 atom stereocenters. The third kappa shape index (κ3) is 3.43. The number of aryl methyl sites for hydroxylation is 1. The molecule has 1 aliphatic heterocycles. The van der Waals surface area contributed by atoms with Crippen molar-refractivity contribution in [3.63, 3.8) is 0 Å². The van der Waals surface area contributed by atoms with E-state index >= 15 is 0 Å². The lowest BCUT2D eigenvalue weighted by molar-refractivity contribution is -0.135. The van der Waals surface area contributed by atoms with E-state index in [0.29, 0.717) is 18.6 Å². The number of carbonyl (C=O) groups is 2. The van der Waals surface area contributed by atoms with Crippen LogP contribution in [0.25, 0.3) is 0 Å². The minimum absolute atomic E-state index is 0.0305. The second-order valence-electron chi connectivity index (χ2n) is 7.32. The van der Waals surface area contributed by atoms with Crippen LogP contribution in [0.3, 0.4) is 0 Å². The zero-order chi connectivity index (χ0) is 18.7. The van der Waals surface area contributed by atoms with Crippen LogP contribution in [0.4, 0.5) is 4.79 Å². The zero-order valence-corrected chi connectivity index (χ0v) is 15.6. The lowest BCUT2D eigenvalue weighted by Crippen LogP contribution is -2.49. The van der Waals surface area contributed by atoms with Gasteiger partial charge < -0.3 is 14.7 Å². The number of β-amino-alcohol motifs (C(OH)–C–C–N with tert-alkyl or cyclic N) is 1. The SMILES string of the molecule is CCc1cccc(OCC(O)CN2C(=O)N(C)C3(CCCCC3)C2=O)c1. The van der Waals surface area contributed by atoms with Crippen molar-refractivity contribution in [1.29, 1.82) is 0 Å². The molecule has 142 valence electrons. The molecule has 1 aliphatic carbocycles. The van der Waals surface area contributed by atoms with Crippen molar-refractivity contribution < 1.29 is 19.4 Å². The van der Waals surface area contributed by atoms with Gasteiger partial charge >= 0.3 is 6.03 Å². The van der Waals surface area contributed by atoms with E-state index in [9.17, 15) is 14.7 Å². The summed E-state index contributed by atoms with van der Waals surface area (Å²) in [7, 11) is 1.70. The summed E-state index contributed by atoms with van der Waals surface area (Å²) >= 11 is 0. The molecule has 26 heavy (non-hydrogen) atoms. The molecule has 1 spiro atoms. The Balaban J connectivity index is 1.60. The molecule has 3 rings (SSSR count). The normalized spacial score (nSPS) is 20.7. The Labute approximate surface area is 154 Å². The average Bonchev–Trinajstić information content (AvgIpc) is 2.83. The van der Waals surface area contributed by atoms with Gasteiger partial charge in [0.05, 0.1) is 6.54 Å². The van der Waals surface area contributed by atoms with E-state index in [1.807, 2.05) is 24.3 Å². The Morgan fingerprint density at radius 2 is 1.96 bits per heavy atom. The molecule has 1 saturated carbocycles. The first-order valence-electron chi connectivity index (χ1n) is 9.47. The van der Waals surface area contributed by atoms with E-state index < -0.39 is 11.6 Å². The number of hydrogen-bond donors (Lipinski definition) is 1. The van der Waals surface area contributed by atoms with Gasteiger partial charge in [-0.15, -0.1) is 0 Å². The topological polar surface area (TPSA) is 70.1 Å². The molecule has 1 N–H and O–H groups in total. The predicted molar refractivity (Wildman–Crippen MR) is 98.0 cm³/mol. The zero-order valence-electron chi connectivity index (χ0n) is 15.6. The minimum atomic E-state index is -0.916. The summed E-state index contributed by atoms with van der Waals surface area (Å²) < 4.78 is 5.64. The average molecular weight is 360 g/mol. The summed E-state index contributed by atoms with van der Waals surface area (Å²) in [6, 6.07) is 7.39. The fourth-order valence-electron chi connectivity index (χ4n) is 4.00. The first kappa shape index (κ1) is 18.7. The van der Waals surface area contributed by atoms with Crippen LogP contribution in [0.2, 0.25) is 0 Å². The number of hydrogen-bond acceptors (Lipinski definition) is 4. The molecule has 3 amide bonds. The van der Waals surface area contributed by atoms with Crippen molar-refractivity contribution in [2.75, 3.05) is 20.2 Å². The largest absolute Gasteiger partial charge is 0.491 e. The van der Waals surface area contributed by atoms with Gasteiger partial charge in [-0.25, -0.2) is 4.79 Å². The standard InChI is InChI=1S/C20H28N2O4/c1-3-15-8-7-9-17(12-15)26-14-16(23)13-22-18(24)20(21(2)19(22)25)10-5-4-6-11-20/h7-9,12,16,23H,3-6,10-11,13-14H2,1-2H3. The number of nitrogens with zero attached hydrogens (tertiary/aromatic N) is 2. The number of aliphatic hydroxyl groups is 1. The van der Waals surface area contributed by atoms with Gasteiger partial charge in [0.2, 0.25) is 0 Å². The van der Waals surface area contributed by atoms with Crippen LogP contribution in [-0.4, -0.2) is 58.7 Å². The highest BCUT2D eigenvalue weighted by Gasteiger charge is 2.55. The van der Waals surface area contributed by atoms with Crippen LogP contribution in [0.5, 0.6) is 5.75 Å². The number of carbonyl (C=O) groups excluding carboxylic acids is 2. The first-order valence-corrected chi connectivity index (χ1v) is 9.47. The van der Waals surface area contributed by atoms with Gasteiger partial charge in [-0.2, -0.15) is 0 Å². The Kier molecular flexibility index (Phi) is 5.51. The highest BCUT2D eigenvalue weighted by molar-refractivity contribution is 6.07. The van der Waals surface area contributed by atoms with Gasteiger partial charge in [-0.3, -0.25) is 9.69 Å². The lowest BCUT2D eigenvalue weighted by Gasteiger charge is -2.35. The highest BCUT2D eigenvalue weighted by atomic mass is 16.5. The molecule has 0 bridgehead atoms. The molecule has 6 nitrogen and oxygen atoms in total. The molecule has 1 unspecified atom stereocenters. The summed E-state index contributed by atoms with van der Waals surface area (Å²) in [6.07, 6.45) is 4.42. The predicted octanol–water partition coefficient (Wildman–Crippen LogP) is 2.59. The van der Waals surface area contributed by atoms with Gasteiger partial charge in [0.1, 0.15) is 24.0 Å². The third-order valence-corrected chi connectivity index (χ3v) is 5.63. The summed E-state index contributed by atoms with van der Waals surface area (Å²) in [6.45, 7) is 2.08. The van der Waals surface area contributed by atoms with E-state index in [1.54, 1.807) is 11.9 Å². The van der Waals surface area contributed by atoms with Gasteiger partial charge in [-0.05, 0) is 37.0 Å². The Morgan fingerprint density at radius 1 is 1.23 bits per heavy atom. The third-order valence-electron chi connectivity index (χ3n) is 5.63. The molecular formula is C20H28N2O4. The number of ether oxygens (including phenoxy) is 1. The van der Waals surface area contributed by atoms with E-state index in [2.05, 4.69) is 6.92 Å². The van der Waals surface area contributed by atoms with Crippen molar-refractivity contribution in [2.45, 2.75) is 57.1 Å². The summed E-state index contributed by atoms with van der Waals surface area (Å²) in [4.78, 5) is 28.2. The number of likely N-dealkylation sites (N-methyl/N-ethyl adjacent to an activating group) is 1. The van der Waals surface area contributed by atoms with Gasteiger partial charge in [-0.1, -0.05) is 38.3 Å². The van der Waals surface area contributed by atoms with E-state index in [0.717, 1.165) is 31.2 Å². The van der Waals surface area contributed by atoms with Crippen molar-refractivity contribution in [1.82, 2.24) is 9.80 Å². The van der Waals surface area contributed by atoms with Crippen LogP contribution < -0.4 is 4.74 Å². The Morgan fingerprint density at radius 3 is 2.65 bits per heavy atom. The number of benzene rings is 1. The van der Waals surface area contributed by atoms with Crippen molar-refractivity contribution in [3.05, 3.63) is 29.8 Å². The number of urea groups is 1. The number of amides is 3. The Bertz CT molecular complexity index is 670. The van der Waals surface area contributed by atoms with Crippen LogP contribution in [0.1, 0.15) is 44.6 Å². The summed E-state index contributed by atoms with van der Waals surface area (Å²) in [5, 5.41) is 10.3. The molecule has 1 aromatic carbocycles. The molecule has 6 heteroatoms. The van der Waals surface area contributed by atoms with E-state index in [1.165, 1.54) is 4.90 Å². The molecule has 1 aromatic rings. The van der Waals surface area contributed by atoms with Crippen molar-refractivity contribution >= 4 is 11.9 Å². The number of rotatable bonds is 6. The second kappa shape index (κ2) is 7.66. The fraction of sp³-hybridized carbons (Fsp3) is 0.600. The number of aliphatic hydroxyl groups excluding tert-OH is 1. The second-order valence-corrected chi connectivity index (χ2v) is 7.32. The molecule has 0 aromatic heterocycles. The highest BCUT2D eigenvalue weighted by Crippen LogP contribution is 2.39. The summed E-state index contributed by atoms with van der Waals surface area (Å²) in [5.41, 5.74) is 0.452. The van der Waals surface area contributed by atoms with Crippen LogP contribution in [0, 0.1) is 0 Å². The van der Waals surface area contributed by atoms with Crippen LogP contribution >= 0.6 is 0 Å². The van der Waals surface area contributed by atoms with Gasteiger partial charge in [0.15, 0.2) is 0 Å². The monoisotopic (exact) mass is 360 g/mol. The molecule has 0 radical (unpaired) electrons. The maximum atomic E-state index is 12.9. The molecule has 1 saturated heterocycles. The van der Waals surface area contributed by atoms with Crippen LogP contribution in [-0.2, 0) is 11.2 Å². The maximum Gasteiger partial charge on any atom is 0.327 e. The van der Waals surface area contributed by atoms with Crippen molar-refractivity contribution in [2.24, 2.45) is 0 Å². The van der Waals surface area contributed by atoms with Crippen LogP contribution in [0.15, 0.2) is 24.3 Å². The molecule has 2 fully saturated rings. The quantitative estimate of drug-likeness (QED) is 0.792. The maximum absolute atomic E-state index is 12.9. The van der Waals surface area contributed by atoms with Crippen molar-refractivity contribution in [3.8, 4) is 5.75 Å². The smallest absolute Gasteiger partial charge is 0.327 e. The van der Waals surface area contributed by atoms with Gasteiger partial charge in [0.25, 0.3) is 5.91 Å². The minimum Gasteiger partial charge on any atom is -0.491 e. The van der Waals surface area contributed by atoms with E-state index in [4.69, 9.17) is 4.74 Å². The van der Waals surface area contributed by atoms with Gasteiger partial charge in [0, 0.05) is 7.05 Å². The lowest BCUT2D eigenvalue weighted by atomic mass is 9.81. The Hall–Kier alpha value is -2.08. The summed E-state index contributed by atoms with van der Waals surface area (Å²) in [5.74, 6) is 0.514. The molecular weight excluding hydrogens is 332 g/mol. The van der Waals surface area contributed by atoms with E-state index in [-0.39, 0.29) is 25.1 Å².